The molecule has 0 spiro atoms. The number of carbonyl (C=O) groups is 1. The highest BCUT2D eigenvalue weighted by molar-refractivity contribution is 6.35. The summed E-state index contributed by atoms with van der Waals surface area (Å²) < 4.78 is 7.27. The number of rotatable bonds is 6. The lowest BCUT2D eigenvalue weighted by molar-refractivity contribution is -0.123. The molecule has 2 heterocycles. The summed E-state index contributed by atoms with van der Waals surface area (Å²) in [6, 6.07) is 10.4. The number of ether oxygens (including phenoxy) is 1. The van der Waals surface area contributed by atoms with Crippen LogP contribution in [0.3, 0.4) is 0 Å². The lowest BCUT2D eigenvalue weighted by Crippen LogP contribution is -2.30. The maximum atomic E-state index is 12.6. The fraction of sp³-hybridized carbons (Fsp3) is 0.286. The van der Waals surface area contributed by atoms with Crippen LogP contribution in [0.5, 0.6) is 5.75 Å². The fourth-order valence-electron chi connectivity index (χ4n) is 3.41. The SMILES string of the molecule is O=C(COc1ccc2nc3n(c(=O)c2c1)CCC3)NCCc1ccc(Cl)cc1Cl. The maximum Gasteiger partial charge on any atom is 0.261 e. The molecule has 6 nitrogen and oxygen atoms in total. The monoisotopic (exact) mass is 431 g/mol. The van der Waals surface area contributed by atoms with Crippen molar-refractivity contribution in [3.05, 3.63) is 68.2 Å². The van der Waals surface area contributed by atoms with Crippen LogP contribution in [0.4, 0.5) is 0 Å². The van der Waals surface area contributed by atoms with E-state index in [1.165, 1.54) is 0 Å². The van der Waals surface area contributed by atoms with Crippen molar-refractivity contribution in [3.63, 3.8) is 0 Å². The molecular weight excluding hydrogens is 413 g/mol. The second kappa shape index (κ2) is 8.43. The van der Waals surface area contributed by atoms with Gasteiger partial charge in [-0.25, -0.2) is 4.98 Å². The first kappa shape index (κ1) is 19.7. The van der Waals surface area contributed by atoms with E-state index < -0.39 is 0 Å². The second-order valence-electron chi connectivity index (χ2n) is 6.89. The van der Waals surface area contributed by atoms with Gasteiger partial charge in [-0.2, -0.15) is 0 Å². The van der Waals surface area contributed by atoms with Crippen LogP contribution in [-0.2, 0) is 24.2 Å². The van der Waals surface area contributed by atoms with Crippen molar-refractivity contribution in [2.24, 2.45) is 0 Å². The summed E-state index contributed by atoms with van der Waals surface area (Å²) >= 11 is 12.0. The van der Waals surface area contributed by atoms with E-state index in [-0.39, 0.29) is 18.1 Å². The van der Waals surface area contributed by atoms with Gasteiger partial charge in [-0.15, -0.1) is 0 Å². The molecule has 0 bridgehead atoms. The molecule has 0 unspecified atom stereocenters. The molecule has 29 heavy (non-hydrogen) atoms. The first-order chi connectivity index (χ1) is 14.0. The number of halogens is 2. The van der Waals surface area contributed by atoms with Crippen molar-refractivity contribution >= 4 is 40.0 Å². The molecule has 1 aliphatic heterocycles. The smallest absolute Gasteiger partial charge is 0.261 e. The van der Waals surface area contributed by atoms with Gasteiger partial charge in [0.1, 0.15) is 11.6 Å². The van der Waals surface area contributed by atoms with E-state index in [1.54, 1.807) is 34.9 Å². The summed E-state index contributed by atoms with van der Waals surface area (Å²) in [5.74, 6) is 1.04. The molecule has 2 aromatic carbocycles. The van der Waals surface area contributed by atoms with E-state index in [9.17, 15) is 9.59 Å². The molecular formula is C21H19Cl2N3O3. The fourth-order valence-corrected chi connectivity index (χ4v) is 3.92. The largest absolute Gasteiger partial charge is 0.484 e. The van der Waals surface area contributed by atoms with Gasteiger partial charge in [0.15, 0.2) is 6.61 Å². The number of aromatic nitrogens is 2. The molecule has 150 valence electrons. The normalized spacial score (nSPS) is 12.8. The predicted octanol–water partition coefficient (Wildman–Crippen LogP) is 3.39. The minimum absolute atomic E-state index is 0.0581. The lowest BCUT2D eigenvalue weighted by Gasteiger charge is -2.10. The van der Waals surface area contributed by atoms with E-state index in [0.29, 0.717) is 46.2 Å². The number of benzene rings is 2. The lowest BCUT2D eigenvalue weighted by atomic mass is 10.1. The zero-order valence-corrected chi connectivity index (χ0v) is 17.1. The number of carbonyl (C=O) groups excluding carboxylic acids is 1. The minimum Gasteiger partial charge on any atom is -0.484 e. The van der Waals surface area contributed by atoms with Gasteiger partial charge in [-0.05, 0) is 48.7 Å². The third-order valence-corrected chi connectivity index (χ3v) is 5.48. The Morgan fingerprint density at radius 3 is 2.90 bits per heavy atom. The van der Waals surface area contributed by atoms with Crippen LogP contribution in [0.2, 0.25) is 10.0 Å². The zero-order valence-electron chi connectivity index (χ0n) is 15.6. The van der Waals surface area contributed by atoms with Gasteiger partial charge < -0.3 is 10.1 Å². The van der Waals surface area contributed by atoms with Crippen molar-refractivity contribution in [1.29, 1.82) is 0 Å². The van der Waals surface area contributed by atoms with Crippen LogP contribution in [0, 0.1) is 0 Å². The molecule has 1 amide bonds. The van der Waals surface area contributed by atoms with Gasteiger partial charge in [0, 0.05) is 29.6 Å². The van der Waals surface area contributed by atoms with Gasteiger partial charge in [0.25, 0.3) is 11.5 Å². The molecule has 3 aromatic rings. The number of fused-ring (bicyclic) bond motifs is 2. The summed E-state index contributed by atoms with van der Waals surface area (Å²) in [4.78, 5) is 29.2. The Morgan fingerprint density at radius 1 is 1.21 bits per heavy atom. The summed E-state index contributed by atoms with van der Waals surface area (Å²) in [6.45, 7) is 0.987. The topological polar surface area (TPSA) is 73.2 Å². The summed E-state index contributed by atoms with van der Waals surface area (Å²) in [5.41, 5.74) is 1.50. The Morgan fingerprint density at radius 2 is 2.07 bits per heavy atom. The second-order valence-corrected chi connectivity index (χ2v) is 7.74. The average Bonchev–Trinajstić information content (AvgIpc) is 3.17. The molecule has 1 N–H and O–H groups in total. The Labute approximate surface area is 177 Å². The van der Waals surface area contributed by atoms with Crippen molar-refractivity contribution < 1.29 is 9.53 Å². The first-order valence-corrected chi connectivity index (χ1v) is 10.1. The van der Waals surface area contributed by atoms with Crippen molar-refractivity contribution in [1.82, 2.24) is 14.9 Å². The van der Waals surface area contributed by atoms with E-state index >= 15 is 0 Å². The van der Waals surface area contributed by atoms with E-state index in [1.807, 2.05) is 6.07 Å². The number of hydrogen-bond donors (Lipinski definition) is 1. The zero-order chi connectivity index (χ0) is 20.4. The molecule has 8 heteroatoms. The number of nitrogens with zero attached hydrogens (tertiary/aromatic N) is 2. The van der Waals surface area contributed by atoms with Crippen molar-refractivity contribution in [2.45, 2.75) is 25.8 Å². The quantitative estimate of drug-likeness (QED) is 0.648. The molecule has 0 atom stereocenters. The number of hydrogen-bond acceptors (Lipinski definition) is 4. The van der Waals surface area contributed by atoms with Gasteiger partial charge in [0.05, 0.1) is 10.9 Å². The average molecular weight is 432 g/mol. The Bertz CT molecular complexity index is 1140. The van der Waals surface area contributed by atoms with E-state index in [4.69, 9.17) is 27.9 Å². The van der Waals surface area contributed by atoms with Crippen LogP contribution in [0.15, 0.2) is 41.2 Å². The third-order valence-electron chi connectivity index (χ3n) is 4.89. The van der Waals surface area contributed by atoms with Crippen molar-refractivity contribution in [3.8, 4) is 5.75 Å². The van der Waals surface area contributed by atoms with Crippen LogP contribution in [-0.4, -0.2) is 28.6 Å². The molecule has 1 aromatic heterocycles. The summed E-state index contributed by atoms with van der Waals surface area (Å²) in [5, 5.41) is 4.45. The molecule has 0 aliphatic carbocycles. The molecule has 0 fully saturated rings. The first-order valence-electron chi connectivity index (χ1n) is 9.38. The van der Waals surface area contributed by atoms with Gasteiger partial charge >= 0.3 is 0 Å². The molecule has 0 radical (unpaired) electrons. The number of amides is 1. The van der Waals surface area contributed by atoms with Crippen LogP contribution < -0.4 is 15.6 Å². The molecule has 0 saturated carbocycles. The third kappa shape index (κ3) is 4.38. The van der Waals surface area contributed by atoms with Crippen LogP contribution in [0.1, 0.15) is 17.8 Å². The molecule has 0 saturated heterocycles. The summed E-state index contributed by atoms with van der Waals surface area (Å²) in [6.07, 6.45) is 2.35. The van der Waals surface area contributed by atoms with Crippen LogP contribution in [0.25, 0.3) is 10.9 Å². The van der Waals surface area contributed by atoms with Gasteiger partial charge in [0.2, 0.25) is 0 Å². The number of nitrogens with one attached hydrogen (secondary N) is 1. The van der Waals surface area contributed by atoms with E-state index in [0.717, 1.165) is 24.2 Å². The summed E-state index contributed by atoms with van der Waals surface area (Å²) in [7, 11) is 0. The Balaban J connectivity index is 1.34. The van der Waals surface area contributed by atoms with Crippen molar-refractivity contribution in [2.75, 3.05) is 13.2 Å². The minimum atomic E-state index is -0.251. The highest BCUT2D eigenvalue weighted by Gasteiger charge is 2.16. The predicted molar refractivity (Wildman–Crippen MR) is 113 cm³/mol. The van der Waals surface area contributed by atoms with Crippen LogP contribution >= 0.6 is 23.2 Å². The molecule has 1 aliphatic rings. The molecule has 4 rings (SSSR count). The number of aryl methyl sites for hydroxylation is 1. The van der Waals surface area contributed by atoms with Gasteiger partial charge in [-0.1, -0.05) is 29.3 Å². The van der Waals surface area contributed by atoms with E-state index in [2.05, 4.69) is 10.3 Å². The highest BCUT2D eigenvalue weighted by atomic mass is 35.5. The maximum absolute atomic E-state index is 12.6. The Hall–Kier alpha value is -2.57. The Kier molecular flexibility index (Phi) is 5.74. The highest BCUT2D eigenvalue weighted by Crippen LogP contribution is 2.21. The van der Waals surface area contributed by atoms with Gasteiger partial charge in [-0.3, -0.25) is 14.2 Å². The standard InChI is InChI=1S/C21H19Cl2N3O3/c22-14-4-3-13(17(23)10-14)7-8-24-20(27)12-29-15-5-6-18-16(11-15)21(28)26-9-1-2-19(26)25-18/h3-6,10-11H,1-2,7-9,12H2,(H,24,27).